The Bertz CT molecular complexity index is 401. The minimum atomic E-state index is -0.0701. The molecule has 0 saturated heterocycles. The van der Waals surface area contributed by atoms with Crippen molar-refractivity contribution < 1.29 is 5.11 Å². The Kier molecular flexibility index (Phi) is 5.38. The van der Waals surface area contributed by atoms with Gasteiger partial charge < -0.3 is 15.3 Å². The summed E-state index contributed by atoms with van der Waals surface area (Å²) in [6, 6.07) is 4.62. The summed E-state index contributed by atoms with van der Waals surface area (Å²) >= 11 is 0. The van der Waals surface area contributed by atoms with E-state index in [1.165, 1.54) is 0 Å². The zero-order valence-corrected chi connectivity index (χ0v) is 12.8. The maximum atomic E-state index is 9.34. The van der Waals surface area contributed by atoms with Crippen LogP contribution in [0.5, 0.6) is 0 Å². The summed E-state index contributed by atoms with van der Waals surface area (Å²) in [5, 5.41) is 12.8. The van der Waals surface area contributed by atoms with E-state index in [9.17, 15) is 5.11 Å². The van der Waals surface area contributed by atoms with Crippen LogP contribution in [0.1, 0.15) is 44.8 Å². The lowest BCUT2D eigenvalue weighted by molar-refractivity contribution is 0.0465. The first kappa shape index (κ1) is 15.3. The van der Waals surface area contributed by atoms with E-state index in [4.69, 9.17) is 0 Å². The van der Waals surface area contributed by atoms with Crippen molar-refractivity contribution >= 4 is 5.69 Å². The molecule has 2 rings (SSSR count). The maximum Gasteiger partial charge on any atom is 0.0574 e. The molecule has 0 spiro atoms. The standard InChI is InChI=1S/C16H27N3O/c1-4-15(17-5-2)16-7-6-13(10-18-16)19(3)11-12-8-14(20)9-12/h6-7,10,12,14-15,17,20H,4-5,8-9,11H2,1-3H3. The van der Waals surface area contributed by atoms with Gasteiger partial charge in [-0.3, -0.25) is 4.98 Å². The van der Waals surface area contributed by atoms with Crippen LogP contribution in [-0.4, -0.2) is 36.3 Å². The third-order valence-corrected chi connectivity index (χ3v) is 4.17. The molecule has 1 fully saturated rings. The number of aromatic nitrogens is 1. The first-order valence-corrected chi connectivity index (χ1v) is 7.72. The number of pyridine rings is 1. The van der Waals surface area contributed by atoms with Crippen molar-refractivity contribution in [2.75, 3.05) is 25.0 Å². The van der Waals surface area contributed by atoms with Gasteiger partial charge in [0, 0.05) is 19.6 Å². The Labute approximate surface area is 122 Å². The molecule has 2 N–H and O–H groups in total. The van der Waals surface area contributed by atoms with E-state index >= 15 is 0 Å². The summed E-state index contributed by atoms with van der Waals surface area (Å²) in [6.07, 6.45) is 4.82. The quantitative estimate of drug-likeness (QED) is 0.803. The Morgan fingerprint density at radius 3 is 2.65 bits per heavy atom. The Morgan fingerprint density at radius 2 is 2.15 bits per heavy atom. The smallest absolute Gasteiger partial charge is 0.0574 e. The van der Waals surface area contributed by atoms with Crippen LogP contribution >= 0.6 is 0 Å². The average Bonchev–Trinajstić information content (AvgIpc) is 2.43. The Morgan fingerprint density at radius 1 is 1.40 bits per heavy atom. The SMILES string of the molecule is CCNC(CC)c1ccc(N(C)CC2CC(O)C2)cn1. The number of anilines is 1. The number of hydrogen-bond acceptors (Lipinski definition) is 4. The lowest BCUT2D eigenvalue weighted by atomic mass is 9.82. The minimum Gasteiger partial charge on any atom is -0.393 e. The number of hydrogen-bond donors (Lipinski definition) is 2. The first-order valence-electron chi connectivity index (χ1n) is 7.72. The van der Waals surface area contributed by atoms with Crippen LogP contribution in [0.3, 0.4) is 0 Å². The molecule has 112 valence electrons. The van der Waals surface area contributed by atoms with Crippen molar-refractivity contribution in [3.63, 3.8) is 0 Å². The van der Waals surface area contributed by atoms with Crippen LogP contribution in [-0.2, 0) is 0 Å². The molecule has 4 nitrogen and oxygen atoms in total. The zero-order chi connectivity index (χ0) is 14.5. The molecular formula is C16H27N3O. The van der Waals surface area contributed by atoms with Crippen molar-refractivity contribution in [3.05, 3.63) is 24.0 Å². The van der Waals surface area contributed by atoms with E-state index in [-0.39, 0.29) is 6.10 Å². The van der Waals surface area contributed by atoms with Gasteiger partial charge in [0.05, 0.1) is 23.7 Å². The topological polar surface area (TPSA) is 48.4 Å². The van der Waals surface area contributed by atoms with E-state index in [0.717, 1.165) is 43.7 Å². The lowest BCUT2D eigenvalue weighted by Crippen LogP contribution is -2.37. The molecule has 1 heterocycles. The lowest BCUT2D eigenvalue weighted by Gasteiger charge is -2.35. The van der Waals surface area contributed by atoms with Crippen LogP contribution in [0, 0.1) is 5.92 Å². The second-order valence-electron chi connectivity index (χ2n) is 5.83. The van der Waals surface area contributed by atoms with Gasteiger partial charge in [0.1, 0.15) is 0 Å². The van der Waals surface area contributed by atoms with Crippen molar-refractivity contribution in [1.82, 2.24) is 10.3 Å². The fourth-order valence-electron chi connectivity index (χ4n) is 2.88. The molecule has 0 amide bonds. The molecule has 0 aromatic carbocycles. The molecule has 0 aliphatic heterocycles. The van der Waals surface area contributed by atoms with Gasteiger partial charge in [0.2, 0.25) is 0 Å². The molecule has 1 aromatic rings. The molecular weight excluding hydrogens is 250 g/mol. The van der Waals surface area contributed by atoms with E-state index < -0.39 is 0 Å². The minimum absolute atomic E-state index is 0.0701. The van der Waals surface area contributed by atoms with Crippen LogP contribution in [0.4, 0.5) is 5.69 Å². The highest BCUT2D eigenvalue weighted by Crippen LogP contribution is 2.29. The predicted molar refractivity (Wildman–Crippen MR) is 82.9 cm³/mol. The molecule has 20 heavy (non-hydrogen) atoms. The van der Waals surface area contributed by atoms with Crippen molar-refractivity contribution in [3.8, 4) is 0 Å². The monoisotopic (exact) mass is 277 g/mol. The van der Waals surface area contributed by atoms with Gasteiger partial charge in [-0.2, -0.15) is 0 Å². The van der Waals surface area contributed by atoms with E-state index in [2.05, 4.69) is 48.2 Å². The number of aliphatic hydroxyl groups excluding tert-OH is 1. The second kappa shape index (κ2) is 7.04. The molecule has 1 saturated carbocycles. The van der Waals surface area contributed by atoms with Crippen molar-refractivity contribution in [2.45, 2.75) is 45.3 Å². The molecule has 1 aliphatic carbocycles. The van der Waals surface area contributed by atoms with Crippen LogP contribution in [0.25, 0.3) is 0 Å². The summed E-state index contributed by atoms with van der Waals surface area (Å²) < 4.78 is 0. The van der Waals surface area contributed by atoms with Crippen molar-refractivity contribution in [2.24, 2.45) is 5.92 Å². The number of nitrogens with zero attached hydrogens (tertiary/aromatic N) is 2. The van der Waals surface area contributed by atoms with Gasteiger partial charge in [0.25, 0.3) is 0 Å². The number of rotatable bonds is 7. The van der Waals surface area contributed by atoms with E-state index in [1.807, 2.05) is 6.20 Å². The summed E-state index contributed by atoms with van der Waals surface area (Å²) in [6.45, 7) is 6.27. The summed E-state index contributed by atoms with van der Waals surface area (Å²) in [5.41, 5.74) is 2.27. The van der Waals surface area contributed by atoms with Crippen LogP contribution < -0.4 is 10.2 Å². The second-order valence-corrected chi connectivity index (χ2v) is 5.83. The van der Waals surface area contributed by atoms with E-state index in [1.54, 1.807) is 0 Å². The van der Waals surface area contributed by atoms with Gasteiger partial charge in [-0.05, 0) is 43.9 Å². The Hall–Kier alpha value is -1.13. The highest BCUT2D eigenvalue weighted by Gasteiger charge is 2.28. The summed E-state index contributed by atoms with van der Waals surface area (Å²) in [4.78, 5) is 6.84. The number of nitrogens with one attached hydrogen (secondary N) is 1. The molecule has 4 heteroatoms. The van der Waals surface area contributed by atoms with Crippen LogP contribution in [0.15, 0.2) is 18.3 Å². The normalized spacial score (nSPS) is 23.2. The molecule has 1 atom stereocenters. The first-order chi connectivity index (χ1) is 9.63. The highest BCUT2D eigenvalue weighted by atomic mass is 16.3. The largest absolute Gasteiger partial charge is 0.393 e. The van der Waals surface area contributed by atoms with Crippen LogP contribution in [0.2, 0.25) is 0 Å². The Balaban J connectivity index is 1.93. The zero-order valence-electron chi connectivity index (χ0n) is 12.8. The molecule has 0 bridgehead atoms. The summed E-state index contributed by atoms with van der Waals surface area (Å²) in [7, 11) is 2.10. The highest BCUT2D eigenvalue weighted by molar-refractivity contribution is 5.44. The summed E-state index contributed by atoms with van der Waals surface area (Å²) in [5.74, 6) is 0.625. The molecule has 1 aliphatic rings. The van der Waals surface area contributed by atoms with Gasteiger partial charge in [-0.15, -0.1) is 0 Å². The predicted octanol–water partition coefficient (Wildman–Crippen LogP) is 2.35. The third kappa shape index (κ3) is 3.70. The molecule has 1 aromatic heterocycles. The average molecular weight is 277 g/mol. The van der Waals surface area contributed by atoms with Gasteiger partial charge >= 0.3 is 0 Å². The maximum absolute atomic E-state index is 9.34. The fraction of sp³-hybridized carbons (Fsp3) is 0.688. The molecule has 1 unspecified atom stereocenters. The number of aliphatic hydroxyl groups is 1. The molecule has 0 radical (unpaired) electrons. The third-order valence-electron chi connectivity index (χ3n) is 4.17. The van der Waals surface area contributed by atoms with E-state index in [0.29, 0.717) is 12.0 Å². The van der Waals surface area contributed by atoms with Gasteiger partial charge in [-0.1, -0.05) is 13.8 Å². The van der Waals surface area contributed by atoms with Gasteiger partial charge in [0.15, 0.2) is 0 Å². The fourth-order valence-corrected chi connectivity index (χ4v) is 2.88. The van der Waals surface area contributed by atoms with Crippen molar-refractivity contribution in [1.29, 1.82) is 0 Å². The van der Waals surface area contributed by atoms with Gasteiger partial charge in [-0.25, -0.2) is 0 Å².